The smallest absolute Gasteiger partial charge is 0.237 e. The van der Waals surface area contributed by atoms with Crippen molar-refractivity contribution >= 4 is 16.8 Å². The van der Waals surface area contributed by atoms with Crippen molar-refractivity contribution in [3.05, 3.63) is 161 Å². The Morgan fingerprint density at radius 2 is 1.34 bits per heavy atom. The summed E-state index contributed by atoms with van der Waals surface area (Å²) < 4.78 is 3.95. The maximum absolute atomic E-state index is 13.9. The number of imidazole rings is 1. The van der Waals surface area contributed by atoms with Crippen LogP contribution in [0.25, 0.3) is 10.9 Å². The van der Waals surface area contributed by atoms with Gasteiger partial charge in [-0.3, -0.25) is 9.36 Å². The lowest BCUT2D eigenvalue weighted by molar-refractivity contribution is 0.0530. The minimum atomic E-state index is -1.03. The van der Waals surface area contributed by atoms with E-state index in [0.717, 1.165) is 45.4 Å². The van der Waals surface area contributed by atoms with E-state index in [9.17, 15) is 9.90 Å². The zero-order chi connectivity index (χ0) is 28.0. The molecule has 0 bridgehead atoms. The molecular weight excluding hydrogens is 506 g/mol. The van der Waals surface area contributed by atoms with Gasteiger partial charge in [-0.15, -0.1) is 0 Å². The van der Waals surface area contributed by atoms with E-state index in [2.05, 4.69) is 83.4 Å². The molecule has 1 aliphatic rings. The summed E-state index contributed by atoms with van der Waals surface area (Å²) in [4.78, 5) is 18.7. The molecule has 0 fully saturated rings. The first-order chi connectivity index (χ1) is 20.1. The Morgan fingerprint density at radius 1 is 0.805 bits per heavy atom. The van der Waals surface area contributed by atoms with Crippen molar-refractivity contribution in [2.24, 2.45) is 5.92 Å². The van der Waals surface area contributed by atoms with Crippen molar-refractivity contribution in [3.8, 4) is 0 Å². The molecule has 7 rings (SSSR count). The first kappa shape index (κ1) is 25.2. The van der Waals surface area contributed by atoms with Crippen molar-refractivity contribution in [2.45, 2.75) is 31.4 Å². The van der Waals surface area contributed by atoms with Gasteiger partial charge in [0, 0.05) is 16.8 Å². The lowest BCUT2D eigenvalue weighted by Gasteiger charge is -2.38. The number of fused-ring (bicyclic) bond motifs is 3. The van der Waals surface area contributed by atoms with E-state index in [-0.39, 0.29) is 5.91 Å². The van der Waals surface area contributed by atoms with Gasteiger partial charge in [0.05, 0.1) is 23.5 Å². The Morgan fingerprint density at radius 3 is 1.93 bits per heavy atom. The molecule has 3 heterocycles. The summed E-state index contributed by atoms with van der Waals surface area (Å²) in [6.45, 7) is 2.00. The van der Waals surface area contributed by atoms with Crippen molar-refractivity contribution in [1.29, 1.82) is 0 Å². The number of aliphatic hydroxyl groups excluding tert-OH is 1. The second kappa shape index (κ2) is 10.0. The molecule has 0 radical (unpaired) electrons. The zero-order valence-electron chi connectivity index (χ0n) is 22.9. The predicted molar refractivity (Wildman–Crippen MR) is 161 cm³/mol. The van der Waals surface area contributed by atoms with Crippen molar-refractivity contribution in [3.63, 3.8) is 0 Å². The molecule has 0 saturated heterocycles. The zero-order valence-corrected chi connectivity index (χ0v) is 22.9. The minimum Gasteiger partial charge on any atom is -0.386 e. The Balaban J connectivity index is 1.38. The van der Waals surface area contributed by atoms with Crippen LogP contribution in [0.3, 0.4) is 0 Å². The molecule has 202 valence electrons. The topological polar surface area (TPSA) is 60.1 Å². The average Bonchev–Trinajstić information content (AvgIpc) is 3.60. The molecule has 5 nitrogen and oxygen atoms in total. The first-order valence-corrected chi connectivity index (χ1v) is 14.1. The monoisotopic (exact) mass is 537 g/mol. The van der Waals surface area contributed by atoms with E-state index in [0.29, 0.717) is 12.1 Å². The van der Waals surface area contributed by atoms with Crippen LogP contribution < -0.4 is 0 Å². The SMILES string of the molecule is Cc1c(C(O)C2CCc3cc4ccccc4n3C2=O)ncn1C(c1ccccc1)(c1ccccc1)c1ccccc1. The summed E-state index contributed by atoms with van der Waals surface area (Å²) in [5.41, 5.74) is 5.75. The molecule has 0 saturated carbocycles. The molecule has 1 N–H and O–H groups in total. The maximum atomic E-state index is 13.9. The number of carbonyl (C=O) groups excluding carboxylic acids is 1. The normalized spacial score (nSPS) is 16.0. The van der Waals surface area contributed by atoms with Crippen LogP contribution in [0.2, 0.25) is 0 Å². The van der Waals surface area contributed by atoms with Crippen molar-refractivity contribution in [1.82, 2.24) is 14.1 Å². The summed E-state index contributed by atoms with van der Waals surface area (Å²) >= 11 is 0. The molecule has 2 unspecified atom stereocenters. The first-order valence-electron chi connectivity index (χ1n) is 14.1. The highest BCUT2D eigenvalue weighted by Gasteiger charge is 2.42. The number of aromatic nitrogens is 3. The molecule has 0 spiro atoms. The van der Waals surface area contributed by atoms with E-state index in [1.54, 1.807) is 4.57 Å². The second-order valence-electron chi connectivity index (χ2n) is 10.9. The molecule has 2 aromatic heterocycles. The molecule has 1 aliphatic heterocycles. The minimum absolute atomic E-state index is 0.0747. The predicted octanol–water partition coefficient (Wildman–Crippen LogP) is 6.92. The Labute approximate surface area is 239 Å². The third-order valence-electron chi connectivity index (χ3n) is 8.68. The largest absolute Gasteiger partial charge is 0.386 e. The molecule has 41 heavy (non-hydrogen) atoms. The number of carbonyl (C=O) groups is 1. The van der Waals surface area contributed by atoms with Gasteiger partial charge < -0.3 is 9.67 Å². The quantitative estimate of drug-likeness (QED) is 0.235. The number of aryl methyl sites for hydroxylation is 1. The van der Waals surface area contributed by atoms with Gasteiger partial charge in [-0.25, -0.2) is 4.98 Å². The van der Waals surface area contributed by atoms with Crippen molar-refractivity contribution in [2.75, 3.05) is 0 Å². The van der Waals surface area contributed by atoms with E-state index in [1.807, 2.05) is 55.7 Å². The van der Waals surface area contributed by atoms with Gasteiger partial charge in [0.15, 0.2) is 0 Å². The summed E-state index contributed by atoms with van der Waals surface area (Å²) in [6, 6.07) is 41.2. The highest BCUT2D eigenvalue weighted by atomic mass is 16.3. The molecular formula is C36H31N3O2. The van der Waals surface area contributed by atoms with Gasteiger partial charge in [0.1, 0.15) is 11.6 Å². The van der Waals surface area contributed by atoms with Crippen LogP contribution in [0.5, 0.6) is 0 Å². The standard InChI is InChI=1S/C36H31N3O2/c1-25-33(34(40)31-22-21-30-23-26-13-11-12-20-32(26)39(30)35(31)41)37-24-38(25)36(27-14-5-2-6-15-27,28-16-7-3-8-17-28)29-18-9-4-10-19-29/h2-20,23-24,31,34,40H,21-22H2,1H3. The number of aliphatic hydroxyl groups is 1. The summed E-state index contributed by atoms with van der Waals surface area (Å²) in [5, 5.41) is 12.9. The summed E-state index contributed by atoms with van der Waals surface area (Å²) in [5.74, 6) is -0.658. The lowest BCUT2D eigenvalue weighted by atomic mass is 9.76. The number of nitrogens with zero attached hydrogens (tertiary/aromatic N) is 3. The third kappa shape index (κ3) is 3.88. The van der Waals surface area contributed by atoms with Gasteiger partial charge >= 0.3 is 0 Å². The molecule has 0 aliphatic carbocycles. The van der Waals surface area contributed by atoms with Crippen molar-refractivity contribution < 1.29 is 9.90 Å². The molecule has 5 heteroatoms. The van der Waals surface area contributed by atoms with E-state index >= 15 is 0 Å². The van der Waals surface area contributed by atoms with E-state index < -0.39 is 17.6 Å². The van der Waals surface area contributed by atoms with Crippen LogP contribution in [0, 0.1) is 12.8 Å². The van der Waals surface area contributed by atoms with E-state index in [1.165, 1.54) is 0 Å². The highest BCUT2D eigenvalue weighted by Crippen LogP contribution is 2.43. The Hall–Kier alpha value is -4.74. The summed E-state index contributed by atoms with van der Waals surface area (Å²) in [7, 11) is 0. The van der Waals surface area contributed by atoms with Crippen LogP contribution in [0.1, 0.15) is 51.1 Å². The molecule has 6 aromatic rings. The van der Waals surface area contributed by atoms with E-state index in [4.69, 9.17) is 4.98 Å². The fourth-order valence-corrected chi connectivity index (χ4v) is 6.74. The Bertz CT molecular complexity index is 1740. The van der Waals surface area contributed by atoms with Gasteiger partial charge in [-0.2, -0.15) is 0 Å². The number of benzene rings is 4. The lowest BCUT2D eigenvalue weighted by Crippen LogP contribution is -2.38. The number of para-hydroxylation sites is 1. The number of hydrogen-bond donors (Lipinski definition) is 1. The van der Waals surface area contributed by atoms with Gasteiger partial charge in [-0.1, -0.05) is 109 Å². The van der Waals surface area contributed by atoms with Crippen LogP contribution in [0.4, 0.5) is 0 Å². The Kier molecular flexibility index (Phi) is 6.17. The van der Waals surface area contributed by atoms with Gasteiger partial charge in [0.2, 0.25) is 5.91 Å². The molecule has 0 amide bonds. The molecule has 4 aromatic carbocycles. The second-order valence-corrected chi connectivity index (χ2v) is 10.9. The van der Waals surface area contributed by atoms with Crippen LogP contribution in [-0.2, 0) is 12.0 Å². The number of rotatable bonds is 6. The van der Waals surface area contributed by atoms with Gasteiger partial charge in [0.25, 0.3) is 0 Å². The highest BCUT2D eigenvalue weighted by molar-refractivity contribution is 5.96. The fourth-order valence-electron chi connectivity index (χ4n) is 6.74. The molecule has 2 atom stereocenters. The van der Waals surface area contributed by atoms with Crippen LogP contribution in [-0.4, -0.2) is 25.1 Å². The van der Waals surface area contributed by atoms with Gasteiger partial charge in [-0.05, 0) is 48.6 Å². The van der Waals surface area contributed by atoms with Crippen LogP contribution >= 0.6 is 0 Å². The average molecular weight is 538 g/mol. The number of hydrogen-bond acceptors (Lipinski definition) is 3. The van der Waals surface area contributed by atoms with Crippen LogP contribution in [0.15, 0.2) is 128 Å². The maximum Gasteiger partial charge on any atom is 0.237 e. The summed E-state index contributed by atoms with van der Waals surface area (Å²) in [6.07, 6.45) is 2.09. The third-order valence-corrected chi connectivity index (χ3v) is 8.68. The fraction of sp³-hybridized carbons (Fsp3) is 0.167.